The van der Waals surface area contributed by atoms with Gasteiger partial charge in [0, 0.05) is 4.47 Å². The minimum absolute atomic E-state index is 0.379. The lowest BCUT2D eigenvalue weighted by Gasteiger charge is -2.40. The van der Waals surface area contributed by atoms with Crippen LogP contribution in [0.25, 0.3) is 0 Å². The number of ether oxygens (including phenoxy) is 3. The smallest absolute Gasteiger partial charge is 0.125 e. The largest absolute Gasteiger partial charge is 0.497 e. The molecule has 0 spiro atoms. The third kappa shape index (κ3) is 5.06. The zero-order valence-electron chi connectivity index (χ0n) is 21.8. The summed E-state index contributed by atoms with van der Waals surface area (Å²) in [6.45, 7) is 2.99. The van der Waals surface area contributed by atoms with Crippen LogP contribution in [-0.4, -0.2) is 33.3 Å². The van der Waals surface area contributed by atoms with Crippen LogP contribution in [0, 0.1) is 0 Å². The van der Waals surface area contributed by atoms with E-state index in [0.717, 1.165) is 44.1 Å². The summed E-state index contributed by atoms with van der Waals surface area (Å²) in [4.78, 5) is 5.26. The number of methoxy groups -OCH3 is 2. The van der Waals surface area contributed by atoms with Gasteiger partial charge in [-0.15, -0.1) is 0 Å². The van der Waals surface area contributed by atoms with Crippen LogP contribution >= 0.6 is 15.9 Å². The van der Waals surface area contributed by atoms with Crippen molar-refractivity contribution in [1.82, 2.24) is 5.32 Å². The molecule has 6 heteroatoms. The lowest BCUT2D eigenvalue weighted by Crippen LogP contribution is -2.51. The van der Waals surface area contributed by atoms with Crippen LogP contribution in [0.5, 0.6) is 11.5 Å². The highest BCUT2D eigenvalue weighted by molar-refractivity contribution is 9.10. The van der Waals surface area contributed by atoms with Crippen molar-refractivity contribution in [3.05, 3.63) is 130 Å². The molecule has 1 unspecified atom stereocenters. The molecule has 1 aliphatic rings. The molecular formula is C32H31BrN2O3. The van der Waals surface area contributed by atoms with Gasteiger partial charge in [-0.25, -0.2) is 0 Å². The van der Waals surface area contributed by atoms with E-state index in [4.69, 9.17) is 19.2 Å². The van der Waals surface area contributed by atoms with Crippen molar-refractivity contribution in [2.24, 2.45) is 4.99 Å². The Bertz CT molecular complexity index is 1360. The second-order valence-electron chi connectivity index (χ2n) is 9.53. The maximum Gasteiger partial charge on any atom is 0.125 e. The Labute approximate surface area is 232 Å². The first-order valence-electron chi connectivity index (χ1n) is 12.5. The Kier molecular flexibility index (Phi) is 7.54. The van der Waals surface area contributed by atoms with E-state index in [0.29, 0.717) is 13.2 Å². The Morgan fingerprint density at radius 1 is 0.789 bits per heavy atom. The molecule has 5 rings (SSSR count). The number of amidine groups is 1. The maximum atomic E-state index is 6.17. The van der Waals surface area contributed by atoms with Gasteiger partial charge in [0.25, 0.3) is 0 Å². The molecular weight excluding hydrogens is 540 g/mol. The quantitative estimate of drug-likeness (QED) is 0.251. The van der Waals surface area contributed by atoms with Crippen molar-refractivity contribution in [2.45, 2.75) is 18.0 Å². The van der Waals surface area contributed by atoms with Crippen molar-refractivity contribution in [3.8, 4) is 11.5 Å². The van der Waals surface area contributed by atoms with Gasteiger partial charge in [0.2, 0.25) is 0 Å². The van der Waals surface area contributed by atoms with E-state index in [1.807, 2.05) is 42.5 Å². The summed E-state index contributed by atoms with van der Waals surface area (Å²) in [7, 11) is 3.36. The molecule has 4 aromatic carbocycles. The van der Waals surface area contributed by atoms with E-state index in [9.17, 15) is 0 Å². The topological polar surface area (TPSA) is 52.1 Å². The fourth-order valence-electron chi connectivity index (χ4n) is 5.05. The number of rotatable bonds is 7. The fourth-order valence-corrected chi connectivity index (χ4v) is 5.45. The van der Waals surface area contributed by atoms with Crippen molar-refractivity contribution in [3.63, 3.8) is 0 Å². The van der Waals surface area contributed by atoms with Crippen LogP contribution < -0.4 is 14.8 Å². The zero-order valence-corrected chi connectivity index (χ0v) is 23.4. The molecule has 5 nitrogen and oxygen atoms in total. The lowest BCUT2D eigenvalue weighted by molar-refractivity contribution is 0.103. The van der Waals surface area contributed by atoms with E-state index in [1.165, 1.54) is 0 Å². The average Bonchev–Trinajstić information content (AvgIpc) is 2.97. The van der Waals surface area contributed by atoms with Gasteiger partial charge in [-0.1, -0.05) is 82.7 Å². The van der Waals surface area contributed by atoms with E-state index >= 15 is 0 Å². The van der Waals surface area contributed by atoms with Crippen molar-refractivity contribution < 1.29 is 14.2 Å². The molecule has 4 aromatic rings. The monoisotopic (exact) mass is 570 g/mol. The second kappa shape index (κ2) is 11.0. The molecule has 194 valence electrons. The summed E-state index contributed by atoms with van der Waals surface area (Å²) in [5.74, 6) is 2.37. The highest BCUT2D eigenvalue weighted by Gasteiger charge is 2.40. The highest BCUT2D eigenvalue weighted by atomic mass is 79.9. The molecule has 0 aliphatic carbocycles. The summed E-state index contributed by atoms with van der Waals surface area (Å²) in [6, 6.07) is 35.0. The van der Waals surface area contributed by atoms with Crippen LogP contribution in [-0.2, 0) is 15.8 Å². The minimum atomic E-state index is -0.752. The van der Waals surface area contributed by atoms with E-state index in [2.05, 4.69) is 88.8 Å². The summed E-state index contributed by atoms with van der Waals surface area (Å²) in [5, 5.41) is 3.86. The lowest BCUT2D eigenvalue weighted by atomic mass is 9.76. The molecule has 0 bridgehead atoms. The van der Waals surface area contributed by atoms with Crippen LogP contribution in [0.15, 0.2) is 113 Å². The molecule has 38 heavy (non-hydrogen) atoms. The number of hydrogen-bond donors (Lipinski definition) is 1. The predicted octanol–water partition coefficient (Wildman–Crippen LogP) is 6.69. The molecule has 0 aromatic heterocycles. The van der Waals surface area contributed by atoms with Gasteiger partial charge < -0.3 is 19.5 Å². The third-order valence-electron chi connectivity index (χ3n) is 7.03. The van der Waals surface area contributed by atoms with Gasteiger partial charge in [-0.05, 0) is 65.6 Å². The predicted molar refractivity (Wildman–Crippen MR) is 155 cm³/mol. The molecule has 1 heterocycles. The Morgan fingerprint density at radius 2 is 1.37 bits per heavy atom. The van der Waals surface area contributed by atoms with Crippen LogP contribution in [0.4, 0.5) is 0 Å². The second-order valence-corrected chi connectivity index (χ2v) is 10.4. The van der Waals surface area contributed by atoms with Gasteiger partial charge in [0.15, 0.2) is 0 Å². The molecule has 1 aliphatic heterocycles. The van der Waals surface area contributed by atoms with Gasteiger partial charge in [0.1, 0.15) is 35.0 Å². The minimum Gasteiger partial charge on any atom is -0.497 e. The fraction of sp³-hybridized carbons (Fsp3) is 0.219. The maximum absolute atomic E-state index is 6.17. The normalized spacial score (nSPS) is 17.4. The molecule has 1 atom stereocenters. The number of nitrogens with zero attached hydrogens (tertiary/aromatic N) is 1. The summed E-state index contributed by atoms with van der Waals surface area (Å²) >= 11 is 3.61. The van der Waals surface area contributed by atoms with Crippen molar-refractivity contribution in [2.75, 3.05) is 27.4 Å². The molecule has 0 saturated heterocycles. The number of halogens is 1. The zero-order chi connectivity index (χ0) is 26.6. The number of hydrogen-bond acceptors (Lipinski definition) is 5. The average molecular weight is 572 g/mol. The Morgan fingerprint density at radius 3 is 1.92 bits per heavy atom. The van der Waals surface area contributed by atoms with Crippen LogP contribution in [0.2, 0.25) is 0 Å². The molecule has 0 radical (unpaired) electrons. The molecule has 0 saturated carbocycles. The van der Waals surface area contributed by atoms with Gasteiger partial charge >= 0.3 is 0 Å². The van der Waals surface area contributed by atoms with Crippen molar-refractivity contribution in [1.29, 1.82) is 0 Å². The summed E-state index contributed by atoms with van der Waals surface area (Å²) < 4.78 is 18.1. The van der Waals surface area contributed by atoms with Crippen molar-refractivity contribution >= 4 is 21.8 Å². The highest BCUT2D eigenvalue weighted by Crippen LogP contribution is 2.39. The third-order valence-corrected chi connectivity index (χ3v) is 7.53. The molecule has 0 fully saturated rings. The number of benzene rings is 4. The first kappa shape index (κ1) is 26.0. The Balaban J connectivity index is 1.70. The molecule has 0 amide bonds. The summed E-state index contributed by atoms with van der Waals surface area (Å²) in [6.07, 6.45) is 0. The van der Waals surface area contributed by atoms with Gasteiger partial charge in [-0.2, -0.15) is 0 Å². The van der Waals surface area contributed by atoms with Gasteiger partial charge in [0.05, 0.1) is 20.8 Å². The number of aliphatic imine (C=N–C) groups is 1. The standard InChI is InChI=1S/C32H31BrN2O3/c1-31(26-10-7-11-27(33)20-26)22-38-21-30(34-31)35-32(23-8-5-4-6-9-23,24-12-16-28(36-2)17-13-24)25-14-18-29(37-3)19-15-25/h4-20H,21-22H2,1-3H3,(H,34,35). The van der Waals surface area contributed by atoms with E-state index < -0.39 is 11.1 Å². The van der Waals surface area contributed by atoms with Crippen LogP contribution in [0.3, 0.4) is 0 Å². The van der Waals surface area contributed by atoms with Crippen LogP contribution in [0.1, 0.15) is 29.2 Å². The first-order chi connectivity index (χ1) is 18.5. The summed E-state index contributed by atoms with van der Waals surface area (Å²) in [5.41, 5.74) is 2.97. The van der Waals surface area contributed by atoms with E-state index in [1.54, 1.807) is 14.2 Å². The molecule has 1 N–H and O–H groups in total. The van der Waals surface area contributed by atoms with Gasteiger partial charge in [-0.3, -0.25) is 4.99 Å². The number of nitrogens with one attached hydrogen (secondary N) is 1. The van der Waals surface area contributed by atoms with E-state index in [-0.39, 0.29) is 0 Å². The SMILES string of the molecule is COc1ccc(C(NC2=NC(C)(c3cccc(Br)c3)COC2)(c2ccccc2)c2ccc(OC)cc2)cc1. The Hall–Kier alpha value is -3.61. The first-order valence-corrected chi connectivity index (χ1v) is 13.3.